The average Bonchev–Trinajstić information content (AvgIpc) is 2.38. The molecule has 0 aromatic carbocycles. The standard InChI is InChI=1S/C13H21N3O2/c1-9(2)13-14-11(7-12(17)15-13)16-6-4-5-10(8-16)18-3/h7,9-10H,4-6,8H2,1-3H3,(H,14,15,17). The molecule has 100 valence electrons. The lowest BCUT2D eigenvalue weighted by Gasteiger charge is -2.32. The molecule has 1 aliphatic heterocycles. The highest BCUT2D eigenvalue weighted by atomic mass is 16.5. The van der Waals surface area contributed by atoms with E-state index in [0.29, 0.717) is 0 Å². The van der Waals surface area contributed by atoms with Crippen molar-refractivity contribution >= 4 is 5.82 Å². The molecule has 1 unspecified atom stereocenters. The van der Waals surface area contributed by atoms with E-state index in [1.807, 2.05) is 13.8 Å². The van der Waals surface area contributed by atoms with Crippen molar-refractivity contribution < 1.29 is 4.74 Å². The number of ether oxygens (including phenoxy) is 1. The van der Waals surface area contributed by atoms with E-state index in [1.165, 1.54) is 0 Å². The fraction of sp³-hybridized carbons (Fsp3) is 0.692. The molecule has 0 saturated carbocycles. The van der Waals surface area contributed by atoms with E-state index in [4.69, 9.17) is 4.74 Å². The first kappa shape index (κ1) is 13.1. The zero-order chi connectivity index (χ0) is 13.1. The Hall–Kier alpha value is -1.36. The number of aromatic nitrogens is 2. The van der Waals surface area contributed by atoms with Crippen LogP contribution in [0.25, 0.3) is 0 Å². The van der Waals surface area contributed by atoms with Crippen LogP contribution in [0.2, 0.25) is 0 Å². The third-order valence-corrected chi connectivity index (χ3v) is 3.33. The van der Waals surface area contributed by atoms with E-state index in [0.717, 1.165) is 37.6 Å². The number of aromatic amines is 1. The topological polar surface area (TPSA) is 58.2 Å². The SMILES string of the molecule is COC1CCCN(c2cc(=O)[nH]c(C(C)C)n2)C1. The minimum Gasteiger partial charge on any atom is -0.380 e. The molecule has 0 bridgehead atoms. The van der Waals surface area contributed by atoms with E-state index >= 15 is 0 Å². The molecular weight excluding hydrogens is 230 g/mol. The molecule has 1 N–H and O–H groups in total. The first-order valence-corrected chi connectivity index (χ1v) is 6.49. The highest BCUT2D eigenvalue weighted by molar-refractivity contribution is 5.38. The molecule has 1 atom stereocenters. The second-order valence-electron chi connectivity index (χ2n) is 5.09. The molecule has 18 heavy (non-hydrogen) atoms. The van der Waals surface area contributed by atoms with Crippen LogP contribution in [0, 0.1) is 0 Å². The van der Waals surface area contributed by atoms with Gasteiger partial charge >= 0.3 is 0 Å². The summed E-state index contributed by atoms with van der Waals surface area (Å²) in [4.78, 5) is 21.1. The van der Waals surface area contributed by atoms with Crippen LogP contribution in [0.1, 0.15) is 38.4 Å². The van der Waals surface area contributed by atoms with Gasteiger partial charge in [-0.05, 0) is 12.8 Å². The van der Waals surface area contributed by atoms with Crippen LogP contribution in [0.15, 0.2) is 10.9 Å². The number of rotatable bonds is 3. The summed E-state index contributed by atoms with van der Waals surface area (Å²) in [6, 6.07) is 1.57. The van der Waals surface area contributed by atoms with Crippen LogP contribution in [-0.4, -0.2) is 36.3 Å². The van der Waals surface area contributed by atoms with E-state index < -0.39 is 0 Å². The van der Waals surface area contributed by atoms with Gasteiger partial charge in [-0.1, -0.05) is 13.8 Å². The lowest BCUT2D eigenvalue weighted by molar-refractivity contribution is 0.0891. The molecule has 2 rings (SSSR count). The first-order valence-electron chi connectivity index (χ1n) is 6.49. The Morgan fingerprint density at radius 3 is 3.00 bits per heavy atom. The third kappa shape index (κ3) is 2.90. The van der Waals surface area contributed by atoms with Crippen LogP contribution in [0.3, 0.4) is 0 Å². The number of nitrogens with one attached hydrogen (secondary N) is 1. The Kier molecular flexibility index (Phi) is 4.01. The van der Waals surface area contributed by atoms with Crippen LogP contribution in [0.4, 0.5) is 5.82 Å². The highest BCUT2D eigenvalue weighted by Crippen LogP contribution is 2.19. The monoisotopic (exact) mass is 251 g/mol. The number of piperidine rings is 1. The maximum atomic E-state index is 11.7. The Labute approximate surface area is 107 Å². The summed E-state index contributed by atoms with van der Waals surface area (Å²) in [5.41, 5.74) is -0.0803. The van der Waals surface area contributed by atoms with Gasteiger partial charge in [0.25, 0.3) is 5.56 Å². The lowest BCUT2D eigenvalue weighted by Crippen LogP contribution is -2.40. The Balaban J connectivity index is 2.24. The summed E-state index contributed by atoms with van der Waals surface area (Å²) in [6.07, 6.45) is 2.39. The third-order valence-electron chi connectivity index (χ3n) is 3.33. The Bertz CT molecular complexity index is 456. The molecule has 0 spiro atoms. The molecule has 1 aromatic heterocycles. The van der Waals surface area contributed by atoms with Crippen molar-refractivity contribution in [3.63, 3.8) is 0 Å². The van der Waals surface area contributed by atoms with Crippen molar-refractivity contribution in [1.82, 2.24) is 9.97 Å². The van der Waals surface area contributed by atoms with Crippen molar-refractivity contribution in [2.24, 2.45) is 0 Å². The van der Waals surface area contributed by atoms with E-state index in [1.54, 1.807) is 13.2 Å². The molecule has 0 aliphatic carbocycles. The predicted octanol–water partition coefficient (Wildman–Crippen LogP) is 1.51. The molecule has 1 saturated heterocycles. The quantitative estimate of drug-likeness (QED) is 0.884. The Morgan fingerprint density at radius 1 is 1.56 bits per heavy atom. The van der Waals surface area contributed by atoms with Crippen LogP contribution < -0.4 is 10.5 Å². The maximum Gasteiger partial charge on any atom is 0.252 e. The zero-order valence-corrected chi connectivity index (χ0v) is 11.3. The van der Waals surface area contributed by atoms with Gasteiger partial charge in [-0.15, -0.1) is 0 Å². The maximum absolute atomic E-state index is 11.7. The van der Waals surface area contributed by atoms with Gasteiger partial charge in [0.05, 0.1) is 6.10 Å². The number of nitrogens with zero attached hydrogens (tertiary/aromatic N) is 2. The van der Waals surface area contributed by atoms with Crippen LogP contribution in [-0.2, 0) is 4.74 Å². The van der Waals surface area contributed by atoms with Crippen LogP contribution in [0.5, 0.6) is 0 Å². The zero-order valence-electron chi connectivity index (χ0n) is 11.3. The van der Waals surface area contributed by atoms with Crippen molar-refractivity contribution in [2.75, 3.05) is 25.1 Å². The first-order chi connectivity index (χ1) is 8.60. The molecule has 5 heteroatoms. The normalized spacial score (nSPS) is 20.4. The lowest BCUT2D eigenvalue weighted by atomic mass is 10.1. The van der Waals surface area contributed by atoms with Crippen LogP contribution >= 0.6 is 0 Å². The fourth-order valence-corrected chi connectivity index (χ4v) is 2.24. The summed E-state index contributed by atoms with van der Waals surface area (Å²) in [6.45, 7) is 5.80. The van der Waals surface area contributed by atoms with Gasteiger partial charge in [0.2, 0.25) is 0 Å². The summed E-state index contributed by atoms with van der Waals surface area (Å²) in [5, 5.41) is 0. The largest absolute Gasteiger partial charge is 0.380 e. The van der Waals surface area contributed by atoms with Gasteiger partial charge in [-0.25, -0.2) is 4.98 Å². The van der Waals surface area contributed by atoms with Crippen molar-refractivity contribution in [3.05, 3.63) is 22.2 Å². The molecule has 1 aliphatic rings. The number of anilines is 1. The van der Waals surface area contributed by atoms with E-state index in [9.17, 15) is 4.79 Å². The van der Waals surface area contributed by atoms with Crippen molar-refractivity contribution in [1.29, 1.82) is 0 Å². The van der Waals surface area contributed by atoms with Gasteiger partial charge in [0.15, 0.2) is 0 Å². The van der Waals surface area contributed by atoms with E-state index in [-0.39, 0.29) is 17.6 Å². The summed E-state index contributed by atoms with van der Waals surface area (Å²) in [5.74, 6) is 1.74. The summed E-state index contributed by atoms with van der Waals surface area (Å²) >= 11 is 0. The van der Waals surface area contributed by atoms with Gasteiger partial charge in [0, 0.05) is 32.2 Å². The smallest absolute Gasteiger partial charge is 0.252 e. The van der Waals surface area contributed by atoms with Gasteiger partial charge in [-0.2, -0.15) is 0 Å². The number of methoxy groups -OCH3 is 1. The number of hydrogen-bond acceptors (Lipinski definition) is 4. The highest BCUT2D eigenvalue weighted by Gasteiger charge is 2.21. The molecule has 0 radical (unpaired) electrons. The van der Waals surface area contributed by atoms with Crippen molar-refractivity contribution in [3.8, 4) is 0 Å². The molecular formula is C13H21N3O2. The molecule has 5 nitrogen and oxygen atoms in total. The minimum atomic E-state index is -0.0803. The van der Waals surface area contributed by atoms with Gasteiger partial charge in [0.1, 0.15) is 11.6 Å². The Morgan fingerprint density at radius 2 is 2.33 bits per heavy atom. The summed E-state index contributed by atoms with van der Waals surface area (Å²) < 4.78 is 5.40. The fourth-order valence-electron chi connectivity index (χ4n) is 2.24. The number of H-pyrrole nitrogens is 1. The molecule has 0 amide bonds. The van der Waals surface area contributed by atoms with Gasteiger partial charge in [-0.3, -0.25) is 4.79 Å². The molecule has 1 aromatic rings. The average molecular weight is 251 g/mol. The van der Waals surface area contributed by atoms with Gasteiger partial charge < -0.3 is 14.6 Å². The second-order valence-corrected chi connectivity index (χ2v) is 5.09. The summed E-state index contributed by atoms with van der Waals surface area (Å²) in [7, 11) is 1.74. The minimum absolute atomic E-state index is 0.0803. The molecule has 1 fully saturated rings. The molecule has 2 heterocycles. The second kappa shape index (κ2) is 5.52. The predicted molar refractivity (Wildman–Crippen MR) is 71.2 cm³/mol. The number of hydrogen-bond donors (Lipinski definition) is 1. The van der Waals surface area contributed by atoms with Crippen molar-refractivity contribution in [2.45, 2.75) is 38.7 Å². The van der Waals surface area contributed by atoms with E-state index in [2.05, 4.69) is 14.9 Å².